The van der Waals surface area contributed by atoms with Crippen LogP contribution in [0, 0.1) is 0 Å². The second-order valence-electron chi connectivity index (χ2n) is 12.7. The summed E-state index contributed by atoms with van der Waals surface area (Å²) in [5.74, 6) is -3.66. The van der Waals surface area contributed by atoms with Crippen molar-refractivity contribution in [3.63, 3.8) is 0 Å². The molecule has 4 atom stereocenters. The molecule has 1 saturated heterocycles. The molecule has 1 aliphatic heterocycles. The van der Waals surface area contributed by atoms with E-state index in [0.29, 0.717) is 5.56 Å². The Kier molecular flexibility index (Phi) is 14.3. The van der Waals surface area contributed by atoms with Gasteiger partial charge in [0.05, 0.1) is 6.54 Å². The Hall–Kier alpha value is -6.39. The minimum absolute atomic E-state index is 0.00775. The lowest BCUT2D eigenvalue weighted by Crippen LogP contribution is -2.58. The van der Waals surface area contributed by atoms with Gasteiger partial charge in [-0.1, -0.05) is 54.6 Å². The van der Waals surface area contributed by atoms with Gasteiger partial charge in [0.25, 0.3) is 0 Å². The highest BCUT2D eigenvalue weighted by molar-refractivity contribution is 5.97. The fraction of sp³-hybridized carbons (Fsp3) is 0.361. The molecule has 282 valence electrons. The number of nitrogens with zero attached hydrogens (tertiary/aromatic N) is 2. The summed E-state index contributed by atoms with van der Waals surface area (Å²) in [6, 6.07) is 14.7. The third kappa shape index (κ3) is 12.7. The van der Waals surface area contributed by atoms with Crippen LogP contribution < -0.4 is 49.5 Å². The van der Waals surface area contributed by atoms with Crippen molar-refractivity contribution in [1.29, 1.82) is 0 Å². The van der Waals surface area contributed by atoms with Crippen molar-refractivity contribution in [2.24, 2.45) is 32.9 Å². The minimum atomic E-state index is -1.19. The first-order valence-corrected chi connectivity index (χ1v) is 17.2. The SMILES string of the molecule is NC(N)=NCCC[C@H]1NC(=O)[C@H](Cc2ccc(O)cc2)NC(=O)CNC(=O)[C@@H](Cc2ccc3ccccc3c2)NC(=O)[C@@H](CCCN=C(N)N)NC1=O. The summed E-state index contributed by atoms with van der Waals surface area (Å²) >= 11 is 0. The summed E-state index contributed by atoms with van der Waals surface area (Å²) in [7, 11) is 0. The summed E-state index contributed by atoms with van der Waals surface area (Å²) in [6.45, 7) is -0.194. The van der Waals surface area contributed by atoms with Crippen molar-refractivity contribution < 1.29 is 29.1 Å². The number of amides is 5. The Labute approximate surface area is 306 Å². The normalized spacial score (nSPS) is 20.0. The number of carbonyl (C=O) groups is 5. The number of fused-ring (bicyclic) bond motifs is 1. The van der Waals surface area contributed by atoms with Crippen LogP contribution in [0.2, 0.25) is 0 Å². The first kappa shape index (κ1) is 39.4. The fourth-order valence-corrected chi connectivity index (χ4v) is 5.79. The molecular weight excluding hydrogens is 682 g/mol. The van der Waals surface area contributed by atoms with E-state index < -0.39 is 60.2 Å². The van der Waals surface area contributed by atoms with E-state index in [4.69, 9.17) is 22.9 Å². The molecule has 17 nitrogen and oxygen atoms in total. The minimum Gasteiger partial charge on any atom is -0.508 e. The highest BCUT2D eigenvalue weighted by Crippen LogP contribution is 2.17. The van der Waals surface area contributed by atoms with E-state index in [1.165, 1.54) is 12.1 Å². The zero-order chi connectivity index (χ0) is 38.3. The summed E-state index contributed by atoms with van der Waals surface area (Å²) in [5, 5.41) is 25.1. The van der Waals surface area contributed by atoms with E-state index in [2.05, 4.69) is 36.6 Å². The summed E-state index contributed by atoms with van der Waals surface area (Å²) < 4.78 is 0. The molecule has 0 bridgehead atoms. The second kappa shape index (κ2) is 19.3. The third-order valence-electron chi connectivity index (χ3n) is 8.49. The van der Waals surface area contributed by atoms with Gasteiger partial charge in [0.2, 0.25) is 29.5 Å². The number of rotatable bonds is 12. The van der Waals surface area contributed by atoms with E-state index in [1.807, 2.05) is 42.5 Å². The predicted molar refractivity (Wildman–Crippen MR) is 200 cm³/mol. The molecule has 1 aliphatic rings. The van der Waals surface area contributed by atoms with Crippen molar-refractivity contribution in [2.75, 3.05) is 19.6 Å². The number of hydrogen-bond acceptors (Lipinski definition) is 8. The Morgan fingerprint density at radius 1 is 0.604 bits per heavy atom. The highest BCUT2D eigenvalue weighted by Gasteiger charge is 2.32. The van der Waals surface area contributed by atoms with Crippen LogP contribution in [0.4, 0.5) is 0 Å². The third-order valence-corrected chi connectivity index (χ3v) is 8.49. The molecule has 3 aromatic carbocycles. The highest BCUT2D eigenvalue weighted by atomic mass is 16.3. The summed E-state index contributed by atoms with van der Waals surface area (Å²) in [5.41, 5.74) is 23.2. The summed E-state index contributed by atoms with van der Waals surface area (Å²) in [4.78, 5) is 76.4. The molecular formula is C36H47N11O6. The topological polar surface area (TPSA) is 295 Å². The van der Waals surface area contributed by atoms with E-state index in [1.54, 1.807) is 12.1 Å². The molecule has 1 heterocycles. The van der Waals surface area contributed by atoms with Crippen molar-refractivity contribution in [1.82, 2.24) is 26.6 Å². The van der Waals surface area contributed by atoms with Crippen LogP contribution in [0.3, 0.4) is 0 Å². The maximum Gasteiger partial charge on any atom is 0.243 e. The zero-order valence-corrected chi connectivity index (χ0v) is 29.2. The van der Waals surface area contributed by atoms with Crippen LogP contribution in [0.25, 0.3) is 10.8 Å². The maximum absolute atomic E-state index is 13.9. The van der Waals surface area contributed by atoms with Crippen LogP contribution in [0.15, 0.2) is 76.7 Å². The van der Waals surface area contributed by atoms with Gasteiger partial charge in [0.15, 0.2) is 11.9 Å². The molecule has 0 unspecified atom stereocenters. The molecule has 0 aliphatic carbocycles. The van der Waals surface area contributed by atoms with Crippen molar-refractivity contribution in [3.05, 3.63) is 77.9 Å². The second-order valence-corrected chi connectivity index (χ2v) is 12.7. The molecule has 4 rings (SSSR count). The lowest BCUT2D eigenvalue weighted by atomic mass is 10.0. The van der Waals surface area contributed by atoms with Gasteiger partial charge < -0.3 is 54.6 Å². The largest absolute Gasteiger partial charge is 0.508 e. The average Bonchev–Trinajstić information content (AvgIpc) is 3.12. The van der Waals surface area contributed by atoms with E-state index in [0.717, 1.165) is 16.3 Å². The Bertz CT molecular complexity index is 1820. The number of nitrogens with one attached hydrogen (secondary N) is 5. The molecule has 0 radical (unpaired) electrons. The molecule has 14 N–H and O–H groups in total. The molecule has 1 fully saturated rings. The number of benzene rings is 3. The number of phenols is 1. The first-order valence-electron chi connectivity index (χ1n) is 17.2. The van der Waals surface area contributed by atoms with Crippen LogP contribution in [-0.2, 0) is 36.8 Å². The van der Waals surface area contributed by atoms with E-state index in [-0.39, 0.29) is 69.3 Å². The van der Waals surface area contributed by atoms with Crippen molar-refractivity contribution in [2.45, 2.75) is 62.7 Å². The Balaban J connectivity index is 1.68. The zero-order valence-electron chi connectivity index (χ0n) is 29.2. The molecule has 0 aromatic heterocycles. The van der Waals surface area contributed by atoms with Gasteiger partial charge in [-0.2, -0.15) is 0 Å². The van der Waals surface area contributed by atoms with Gasteiger partial charge in [0, 0.05) is 25.9 Å². The summed E-state index contributed by atoms with van der Waals surface area (Å²) in [6.07, 6.45) is 0.769. The number of guanidine groups is 2. The predicted octanol–water partition coefficient (Wildman–Crippen LogP) is -1.49. The van der Waals surface area contributed by atoms with Gasteiger partial charge in [-0.25, -0.2) is 0 Å². The molecule has 5 amide bonds. The number of hydrogen-bond donors (Lipinski definition) is 10. The van der Waals surface area contributed by atoms with Crippen molar-refractivity contribution in [3.8, 4) is 5.75 Å². The van der Waals surface area contributed by atoms with Gasteiger partial charge in [-0.05, 0) is 59.7 Å². The number of phenolic OH excluding ortho intramolecular Hbond substituents is 1. The van der Waals surface area contributed by atoms with Gasteiger partial charge >= 0.3 is 0 Å². The smallest absolute Gasteiger partial charge is 0.243 e. The molecule has 0 saturated carbocycles. The molecule has 3 aromatic rings. The van der Waals surface area contributed by atoms with Crippen molar-refractivity contribution >= 4 is 52.2 Å². The number of aliphatic imine (C=N–C) groups is 2. The Morgan fingerprint density at radius 2 is 1.09 bits per heavy atom. The lowest BCUT2D eigenvalue weighted by Gasteiger charge is -2.26. The van der Waals surface area contributed by atoms with Gasteiger partial charge in [0.1, 0.15) is 29.9 Å². The van der Waals surface area contributed by atoms with Gasteiger partial charge in [-0.15, -0.1) is 0 Å². The molecule has 0 spiro atoms. The van der Waals surface area contributed by atoms with Crippen LogP contribution in [0.5, 0.6) is 5.75 Å². The van der Waals surface area contributed by atoms with Crippen LogP contribution in [-0.4, -0.2) is 90.4 Å². The molecule has 17 heteroatoms. The number of aromatic hydroxyl groups is 1. The van der Waals surface area contributed by atoms with Gasteiger partial charge in [-0.3, -0.25) is 34.0 Å². The first-order chi connectivity index (χ1) is 25.4. The average molecular weight is 730 g/mol. The quantitative estimate of drug-likeness (QED) is 0.0585. The van der Waals surface area contributed by atoms with E-state index >= 15 is 0 Å². The number of carbonyl (C=O) groups excluding carboxylic acids is 5. The van der Waals surface area contributed by atoms with Crippen LogP contribution >= 0.6 is 0 Å². The standard InChI is InChI=1S/C36H47N11O6/c37-35(38)41-15-3-7-26-32(51)45-27(8-4-16-42-36(39)40)33(52)47-28(19-22-9-12-23-5-1-2-6-24(23)17-22)31(50)43-20-30(49)44-29(34(53)46-26)18-21-10-13-25(48)14-11-21/h1-2,5-6,9-14,17,26-29,48H,3-4,7-8,15-16,18-20H2,(H,43,50)(H,44,49)(H,45,51)(H,46,53)(H,47,52)(H4,37,38,41)(H4,39,40,42)/t26-,27-,28-,29+/m1/s1. The maximum atomic E-state index is 13.9. The van der Waals surface area contributed by atoms with E-state index in [9.17, 15) is 29.1 Å². The fourth-order valence-electron chi connectivity index (χ4n) is 5.79. The number of nitrogens with two attached hydrogens (primary N) is 4. The lowest BCUT2D eigenvalue weighted by molar-refractivity contribution is -0.134. The Morgan fingerprint density at radius 3 is 1.68 bits per heavy atom. The van der Waals surface area contributed by atoms with Crippen LogP contribution in [0.1, 0.15) is 36.8 Å². The monoisotopic (exact) mass is 729 g/mol. The molecule has 53 heavy (non-hydrogen) atoms.